The molecule has 21 heavy (non-hydrogen) atoms. The number of nitrogens with zero attached hydrogens (tertiary/aromatic N) is 4. The van der Waals surface area contributed by atoms with Gasteiger partial charge in [-0.3, -0.25) is 4.79 Å². The molecule has 0 aromatic carbocycles. The van der Waals surface area contributed by atoms with Crippen molar-refractivity contribution in [2.24, 2.45) is 5.92 Å². The number of morpholine rings is 1. The fourth-order valence-electron chi connectivity index (χ4n) is 2.91. The van der Waals surface area contributed by atoms with Gasteiger partial charge in [0.25, 0.3) is 0 Å². The standard InChI is InChI=1S/C14H19ClN4O2/c15-12-3-4-13(17-16-12)19-5-1-2-11(10-19)14(20)18-6-8-21-9-7-18/h3-4,11H,1-2,5-10H2/t11-/m1/s1. The largest absolute Gasteiger partial charge is 0.378 e. The van der Waals surface area contributed by atoms with Crippen LogP contribution in [0.5, 0.6) is 0 Å². The van der Waals surface area contributed by atoms with Crippen molar-refractivity contribution in [1.82, 2.24) is 15.1 Å². The van der Waals surface area contributed by atoms with E-state index in [0.29, 0.717) is 38.0 Å². The molecule has 3 heterocycles. The lowest BCUT2D eigenvalue weighted by Gasteiger charge is -2.36. The van der Waals surface area contributed by atoms with E-state index in [2.05, 4.69) is 15.1 Å². The van der Waals surface area contributed by atoms with Crippen LogP contribution in [0, 0.1) is 5.92 Å². The van der Waals surface area contributed by atoms with E-state index in [4.69, 9.17) is 16.3 Å². The van der Waals surface area contributed by atoms with Crippen LogP contribution in [0.1, 0.15) is 12.8 Å². The third kappa shape index (κ3) is 3.44. The van der Waals surface area contributed by atoms with Gasteiger partial charge in [0.15, 0.2) is 11.0 Å². The molecular weight excluding hydrogens is 292 g/mol. The zero-order chi connectivity index (χ0) is 14.7. The number of anilines is 1. The maximum Gasteiger partial charge on any atom is 0.227 e. The van der Waals surface area contributed by atoms with E-state index in [1.165, 1.54) is 0 Å². The molecule has 2 aliphatic rings. The lowest BCUT2D eigenvalue weighted by Crippen LogP contribution is -2.48. The third-order valence-corrected chi connectivity index (χ3v) is 4.24. The highest BCUT2D eigenvalue weighted by Crippen LogP contribution is 2.23. The number of hydrogen-bond donors (Lipinski definition) is 0. The van der Waals surface area contributed by atoms with Crippen molar-refractivity contribution in [3.63, 3.8) is 0 Å². The first-order valence-electron chi connectivity index (χ1n) is 7.35. The normalized spacial score (nSPS) is 23.2. The van der Waals surface area contributed by atoms with Crippen LogP contribution < -0.4 is 4.90 Å². The molecular formula is C14H19ClN4O2. The highest BCUT2D eigenvalue weighted by molar-refractivity contribution is 6.29. The summed E-state index contributed by atoms with van der Waals surface area (Å²) in [5.41, 5.74) is 0. The van der Waals surface area contributed by atoms with Crippen molar-refractivity contribution >= 4 is 23.3 Å². The molecule has 3 rings (SSSR count). The van der Waals surface area contributed by atoms with Gasteiger partial charge in [0, 0.05) is 26.2 Å². The minimum atomic E-state index is 0.0364. The number of piperidine rings is 1. The summed E-state index contributed by atoms with van der Waals surface area (Å²) in [5, 5.41) is 8.37. The Morgan fingerprint density at radius 1 is 1.24 bits per heavy atom. The molecule has 2 saturated heterocycles. The molecule has 1 aromatic heterocycles. The predicted octanol–water partition coefficient (Wildman–Crippen LogP) is 1.21. The van der Waals surface area contributed by atoms with Gasteiger partial charge in [-0.05, 0) is 25.0 Å². The minimum Gasteiger partial charge on any atom is -0.378 e. The maximum atomic E-state index is 12.6. The molecule has 1 atom stereocenters. The van der Waals surface area contributed by atoms with Crippen molar-refractivity contribution in [3.05, 3.63) is 17.3 Å². The molecule has 0 saturated carbocycles. The Bertz CT molecular complexity index is 490. The molecule has 6 nitrogen and oxygen atoms in total. The van der Waals surface area contributed by atoms with Crippen LogP contribution in [0.3, 0.4) is 0 Å². The van der Waals surface area contributed by atoms with Crippen LogP contribution in [0.25, 0.3) is 0 Å². The van der Waals surface area contributed by atoms with Crippen molar-refractivity contribution in [3.8, 4) is 0 Å². The van der Waals surface area contributed by atoms with Gasteiger partial charge in [0.05, 0.1) is 19.1 Å². The van der Waals surface area contributed by atoms with Gasteiger partial charge in [-0.25, -0.2) is 0 Å². The van der Waals surface area contributed by atoms with E-state index in [-0.39, 0.29) is 11.8 Å². The first kappa shape index (κ1) is 14.5. The smallest absolute Gasteiger partial charge is 0.227 e. The Hall–Kier alpha value is -1.40. The van der Waals surface area contributed by atoms with Gasteiger partial charge < -0.3 is 14.5 Å². The molecule has 0 unspecified atom stereocenters. The van der Waals surface area contributed by atoms with Crippen LogP contribution in [-0.2, 0) is 9.53 Å². The average Bonchev–Trinajstić information content (AvgIpc) is 2.56. The van der Waals surface area contributed by atoms with Crippen molar-refractivity contribution in [2.75, 3.05) is 44.3 Å². The zero-order valence-electron chi connectivity index (χ0n) is 11.9. The molecule has 7 heteroatoms. The van der Waals surface area contributed by atoms with E-state index < -0.39 is 0 Å². The topological polar surface area (TPSA) is 58.6 Å². The van der Waals surface area contributed by atoms with Crippen LogP contribution >= 0.6 is 11.6 Å². The van der Waals surface area contributed by atoms with E-state index >= 15 is 0 Å². The first-order valence-corrected chi connectivity index (χ1v) is 7.72. The highest BCUT2D eigenvalue weighted by atomic mass is 35.5. The fourth-order valence-corrected chi connectivity index (χ4v) is 3.01. The molecule has 1 amide bonds. The Morgan fingerprint density at radius 2 is 2.05 bits per heavy atom. The van der Waals surface area contributed by atoms with Crippen LogP contribution in [0.4, 0.5) is 5.82 Å². The number of ether oxygens (including phenoxy) is 1. The molecule has 0 N–H and O–H groups in total. The summed E-state index contributed by atoms with van der Waals surface area (Å²) in [6.45, 7) is 4.30. The van der Waals surface area contributed by atoms with E-state index in [1.807, 2.05) is 11.0 Å². The Morgan fingerprint density at radius 3 is 2.76 bits per heavy atom. The van der Waals surface area contributed by atoms with Crippen LogP contribution in [-0.4, -0.2) is 60.4 Å². The highest BCUT2D eigenvalue weighted by Gasteiger charge is 2.30. The molecule has 1 aromatic rings. The summed E-state index contributed by atoms with van der Waals surface area (Å²) >= 11 is 5.77. The second kappa shape index (κ2) is 6.58. The van der Waals surface area contributed by atoms with Gasteiger partial charge in [0.1, 0.15) is 0 Å². The fraction of sp³-hybridized carbons (Fsp3) is 0.643. The molecule has 0 aliphatic carbocycles. The predicted molar refractivity (Wildman–Crippen MR) is 79.4 cm³/mol. The van der Waals surface area contributed by atoms with Crippen molar-refractivity contribution in [1.29, 1.82) is 0 Å². The lowest BCUT2D eigenvalue weighted by atomic mass is 9.96. The van der Waals surface area contributed by atoms with Gasteiger partial charge in [0.2, 0.25) is 5.91 Å². The minimum absolute atomic E-state index is 0.0364. The summed E-state index contributed by atoms with van der Waals surface area (Å²) in [7, 11) is 0. The Kier molecular flexibility index (Phi) is 4.55. The summed E-state index contributed by atoms with van der Waals surface area (Å²) < 4.78 is 5.30. The molecule has 2 aliphatic heterocycles. The zero-order valence-corrected chi connectivity index (χ0v) is 12.6. The van der Waals surface area contributed by atoms with E-state index in [1.54, 1.807) is 6.07 Å². The number of amides is 1. The Labute approximate surface area is 129 Å². The summed E-state index contributed by atoms with van der Waals surface area (Å²) in [6, 6.07) is 3.59. The summed E-state index contributed by atoms with van der Waals surface area (Å²) in [4.78, 5) is 16.6. The van der Waals surface area contributed by atoms with Crippen LogP contribution in [0.15, 0.2) is 12.1 Å². The van der Waals surface area contributed by atoms with Gasteiger partial charge in [-0.2, -0.15) is 0 Å². The summed E-state index contributed by atoms with van der Waals surface area (Å²) in [6.07, 6.45) is 1.93. The summed E-state index contributed by atoms with van der Waals surface area (Å²) in [5.74, 6) is 1.07. The number of hydrogen-bond acceptors (Lipinski definition) is 5. The second-order valence-electron chi connectivity index (χ2n) is 5.44. The van der Waals surface area contributed by atoms with Crippen LogP contribution in [0.2, 0.25) is 5.15 Å². The van der Waals surface area contributed by atoms with E-state index in [0.717, 1.165) is 25.2 Å². The molecule has 0 radical (unpaired) electrons. The quantitative estimate of drug-likeness (QED) is 0.821. The second-order valence-corrected chi connectivity index (χ2v) is 5.82. The SMILES string of the molecule is O=C([C@@H]1CCCN(c2ccc(Cl)nn2)C1)N1CCOCC1. The van der Waals surface area contributed by atoms with Gasteiger partial charge >= 0.3 is 0 Å². The molecule has 0 bridgehead atoms. The first-order chi connectivity index (χ1) is 10.2. The number of carbonyl (C=O) groups is 1. The third-order valence-electron chi connectivity index (χ3n) is 4.04. The molecule has 2 fully saturated rings. The Balaban J connectivity index is 1.64. The average molecular weight is 311 g/mol. The number of aromatic nitrogens is 2. The van der Waals surface area contributed by atoms with Crippen molar-refractivity contribution < 1.29 is 9.53 Å². The number of rotatable bonds is 2. The van der Waals surface area contributed by atoms with E-state index in [9.17, 15) is 4.79 Å². The number of carbonyl (C=O) groups excluding carboxylic acids is 1. The lowest BCUT2D eigenvalue weighted by molar-refractivity contribution is -0.139. The van der Waals surface area contributed by atoms with Gasteiger partial charge in [-0.1, -0.05) is 11.6 Å². The maximum absolute atomic E-state index is 12.6. The monoisotopic (exact) mass is 310 g/mol. The number of halogens is 1. The molecule has 114 valence electrons. The van der Waals surface area contributed by atoms with Gasteiger partial charge in [-0.15, -0.1) is 10.2 Å². The van der Waals surface area contributed by atoms with Crippen molar-refractivity contribution in [2.45, 2.75) is 12.8 Å². The molecule has 0 spiro atoms.